The lowest BCUT2D eigenvalue weighted by Crippen LogP contribution is -2.57. The number of carboxylic acids is 1. The highest BCUT2D eigenvalue weighted by Crippen LogP contribution is 2.20. The number of hydrogen-bond acceptors (Lipinski definition) is 7. The van der Waals surface area contributed by atoms with E-state index in [2.05, 4.69) is 10.6 Å². The molecule has 1 aliphatic heterocycles. The van der Waals surface area contributed by atoms with E-state index in [1.54, 1.807) is 13.8 Å². The van der Waals surface area contributed by atoms with Gasteiger partial charge >= 0.3 is 5.97 Å². The van der Waals surface area contributed by atoms with Crippen molar-refractivity contribution in [3.8, 4) is 0 Å². The Morgan fingerprint density at radius 1 is 1.16 bits per heavy atom. The summed E-state index contributed by atoms with van der Waals surface area (Å²) in [5, 5.41) is 14.5. The number of nitrogens with two attached hydrogens (primary N) is 2. The van der Waals surface area contributed by atoms with E-state index in [0.29, 0.717) is 31.6 Å². The van der Waals surface area contributed by atoms with Crippen molar-refractivity contribution in [2.75, 3.05) is 18.6 Å². The molecule has 7 N–H and O–H groups in total. The number of primary amides is 1. The third-order valence-corrected chi connectivity index (χ3v) is 5.98. The van der Waals surface area contributed by atoms with Gasteiger partial charge in [-0.2, -0.15) is 11.8 Å². The number of rotatable bonds is 13. The Balaban J connectivity index is 2.90. The summed E-state index contributed by atoms with van der Waals surface area (Å²) in [5.41, 5.74) is 10.9. The highest BCUT2D eigenvalue weighted by Gasteiger charge is 2.39. The fourth-order valence-corrected chi connectivity index (χ4v) is 3.94. The van der Waals surface area contributed by atoms with Crippen molar-refractivity contribution < 1.29 is 29.1 Å². The Labute approximate surface area is 192 Å². The lowest BCUT2D eigenvalue weighted by molar-refractivity contribution is -0.145. The van der Waals surface area contributed by atoms with Gasteiger partial charge in [0.25, 0.3) is 0 Å². The monoisotopic (exact) mass is 473 g/mol. The second kappa shape index (κ2) is 13.3. The Morgan fingerprint density at radius 2 is 1.81 bits per heavy atom. The van der Waals surface area contributed by atoms with E-state index >= 15 is 0 Å². The fraction of sp³-hybridized carbons (Fsp3) is 0.750. The molecule has 0 aromatic rings. The van der Waals surface area contributed by atoms with Gasteiger partial charge in [-0.3, -0.25) is 19.2 Å². The second-order valence-electron chi connectivity index (χ2n) is 8.21. The zero-order valence-electron chi connectivity index (χ0n) is 18.8. The number of aliphatic carboxylic acids is 1. The van der Waals surface area contributed by atoms with Gasteiger partial charge < -0.3 is 32.1 Å². The summed E-state index contributed by atoms with van der Waals surface area (Å²) >= 11 is 1.50. The minimum Gasteiger partial charge on any atom is -0.480 e. The average Bonchev–Trinajstić information content (AvgIpc) is 3.21. The second-order valence-corrected chi connectivity index (χ2v) is 9.20. The van der Waals surface area contributed by atoms with Gasteiger partial charge in [0.05, 0.1) is 6.04 Å². The number of carboxylic acid groups (broad SMARTS) is 1. The normalized spacial score (nSPS) is 18.7. The predicted molar refractivity (Wildman–Crippen MR) is 120 cm³/mol. The summed E-state index contributed by atoms with van der Waals surface area (Å²) in [7, 11) is 0. The van der Waals surface area contributed by atoms with E-state index in [0.717, 1.165) is 0 Å². The van der Waals surface area contributed by atoms with Crippen molar-refractivity contribution in [3.63, 3.8) is 0 Å². The molecule has 1 aliphatic rings. The first-order valence-electron chi connectivity index (χ1n) is 10.7. The summed E-state index contributed by atoms with van der Waals surface area (Å²) in [6.07, 6.45) is 3.21. The quantitative estimate of drug-likeness (QED) is 0.226. The van der Waals surface area contributed by atoms with Crippen LogP contribution in [0.15, 0.2) is 0 Å². The largest absolute Gasteiger partial charge is 0.480 e. The number of nitrogens with one attached hydrogen (secondary N) is 2. The van der Waals surface area contributed by atoms with E-state index < -0.39 is 53.8 Å². The fourth-order valence-electron chi connectivity index (χ4n) is 3.47. The third kappa shape index (κ3) is 8.30. The van der Waals surface area contributed by atoms with Crippen LogP contribution in [0.4, 0.5) is 0 Å². The lowest BCUT2D eigenvalue weighted by Gasteiger charge is -2.30. The van der Waals surface area contributed by atoms with Crippen molar-refractivity contribution in [2.45, 2.75) is 70.1 Å². The molecule has 0 aromatic heterocycles. The van der Waals surface area contributed by atoms with E-state index in [-0.39, 0.29) is 18.8 Å². The first-order chi connectivity index (χ1) is 15.0. The van der Waals surface area contributed by atoms with Crippen LogP contribution in [-0.2, 0) is 24.0 Å². The summed E-state index contributed by atoms with van der Waals surface area (Å²) in [6.45, 7) is 3.70. The van der Waals surface area contributed by atoms with Crippen LogP contribution in [0.5, 0.6) is 0 Å². The van der Waals surface area contributed by atoms with E-state index in [1.165, 1.54) is 16.7 Å². The van der Waals surface area contributed by atoms with Gasteiger partial charge in [-0.05, 0) is 43.6 Å². The number of hydrogen-bond donors (Lipinski definition) is 5. The summed E-state index contributed by atoms with van der Waals surface area (Å²) in [5.74, 6) is -2.95. The Hall–Kier alpha value is -2.34. The van der Waals surface area contributed by atoms with Crippen molar-refractivity contribution >= 4 is 41.4 Å². The van der Waals surface area contributed by atoms with Crippen LogP contribution < -0.4 is 22.1 Å². The molecular weight excluding hydrogens is 438 g/mol. The van der Waals surface area contributed by atoms with Crippen LogP contribution >= 0.6 is 11.8 Å². The van der Waals surface area contributed by atoms with Crippen LogP contribution in [0, 0.1) is 5.92 Å². The molecule has 4 amide bonds. The minimum atomic E-state index is -1.14. The molecule has 32 heavy (non-hydrogen) atoms. The van der Waals surface area contributed by atoms with Crippen LogP contribution in [0.3, 0.4) is 0 Å². The van der Waals surface area contributed by atoms with Gasteiger partial charge in [-0.25, -0.2) is 4.79 Å². The molecule has 1 fully saturated rings. The van der Waals surface area contributed by atoms with E-state index in [9.17, 15) is 29.1 Å². The van der Waals surface area contributed by atoms with Crippen LogP contribution in [0.2, 0.25) is 0 Å². The first kappa shape index (κ1) is 27.7. The molecule has 182 valence electrons. The SMILES string of the molecule is CSCCC(NC(=O)C(N)CCC(N)=O)C(=O)N1CCCC1C(=O)NC(C(=O)O)C(C)C. The zero-order chi connectivity index (χ0) is 24.4. The topological polar surface area (TPSA) is 185 Å². The number of amides is 4. The third-order valence-electron chi connectivity index (χ3n) is 5.33. The minimum absolute atomic E-state index is 0.0486. The van der Waals surface area contributed by atoms with Crippen LogP contribution in [0.1, 0.15) is 46.0 Å². The molecule has 1 heterocycles. The first-order valence-corrected chi connectivity index (χ1v) is 12.1. The molecule has 0 bridgehead atoms. The van der Waals surface area contributed by atoms with Crippen molar-refractivity contribution in [1.82, 2.24) is 15.5 Å². The molecule has 1 rings (SSSR count). The summed E-state index contributed by atoms with van der Waals surface area (Å²) < 4.78 is 0. The smallest absolute Gasteiger partial charge is 0.326 e. The molecule has 12 heteroatoms. The Bertz CT molecular complexity index is 704. The van der Waals surface area contributed by atoms with Gasteiger partial charge in [0.2, 0.25) is 23.6 Å². The molecule has 0 aromatic carbocycles. The lowest BCUT2D eigenvalue weighted by atomic mass is 10.0. The number of thioether (sulfide) groups is 1. The maximum absolute atomic E-state index is 13.2. The van der Waals surface area contributed by atoms with Gasteiger partial charge in [0.15, 0.2) is 0 Å². The van der Waals surface area contributed by atoms with Crippen LogP contribution in [-0.4, -0.2) is 82.3 Å². The molecule has 0 saturated carbocycles. The zero-order valence-corrected chi connectivity index (χ0v) is 19.7. The van der Waals surface area contributed by atoms with Crippen molar-refractivity contribution in [2.24, 2.45) is 17.4 Å². The van der Waals surface area contributed by atoms with Gasteiger partial charge in [0, 0.05) is 13.0 Å². The van der Waals surface area contributed by atoms with Gasteiger partial charge in [-0.1, -0.05) is 13.8 Å². The molecule has 0 spiro atoms. The molecule has 0 radical (unpaired) electrons. The molecule has 11 nitrogen and oxygen atoms in total. The van der Waals surface area contributed by atoms with E-state index in [4.69, 9.17) is 11.5 Å². The standard InChI is InChI=1S/C20H35N5O6S/c1-11(2)16(20(30)31)24-18(28)14-5-4-9-25(14)19(29)13(8-10-32-3)23-17(27)12(21)6-7-15(22)26/h11-14,16H,4-10,21H2,1-3H3,(H2,22,26)(H,23,27)(H,24,28)(H,30,31). The molecule has 4 unspecified atom stereocenters. The number of carbonyl (C=O) groups excluding carboxylic acids is 4. The number of carbonyl (C=O) groups is 5. The predicted octanol–water partition coefficient (Wildman–Crippen LogP) is -0.966. The molecule has 4 atom stereocenters. The number of likely N-dealkylation sites (tertiary alicyclic amines) is 1. The van der Waals surface area contributed by atoms with Crippen molar-refractivity contribution in [1.29, 1.82) is 0 Å². The molecule has 0 aliphatic carbocycles. The van der Waals surface area contributed by atoms with Gasteiger partial charge in [0.1, 0.15) is 18.1 Å². The van der Waals surface area contributed by atoms with Crippen molar-refractivity contribution in [3.05, 3.63) is 0 Å². The summed E-state index contributed by atoms with van der Waals surface area (Å²) in [4.78, 5) is 62.2. The maximum atomic E-state index is 13.2. The summed E-state index contributed by atoms with van der Waals surface area (Å²) in [6, 6.07) is -3.74. The maximum Gasteiger partial charge on any atom is 0.326 e. The van der Waals surface area contributed by atoms with E-state index in [1.807, 2.05) is 6.26 Å². The number of nitrogens with zero attached hydrogens (tertiary/aromatic N) is 1. The van der Waals surface area contributed by atoms with Crippen LogP contribution in [0.25, 0.3) is 0 Å². The molecule has 1 saturated heterocycles. The van der Waals surface area contributed by atoms with Gasteiger partial charge in [-0.15, -0.1) is 0 Å². The Kier molecular flexibility index (Phi) is 11.5. The Morgan fingerprint density at radius 3 is 2.34 bits per heavy atom. The highest BCUT2D eigenvalue weighted by atomic mass is 32.2. The highest BCUT2D eigenvalue weighted by molar-refractivity contribution is 7.98. The average molecular weight is 474 g/mol. The molecular formula is C20H35N5O6S.